The van der Waals surface area contributed by atoms with E-state index < -0.39 is 23.5 Å². The highest BCUT2D eigenvalue weighted by Crippen LogP contribution is 2.36. The van der Waals surface area contributed by atoms with Gasteiger partial charge in [0.15, 0.2) is 16.3 Å². The molecule has 0 aliphatic carbocycles. The summed E-state index contributed by atoms with van der Waals surface area (Å²) >= 11 is 0.971. The van der Waals surface area contributed by atoms with Crippen LogP contribution in [0.15, 0.2) is 47.8 Å². The lowest BCUT2D eigenvalue weighted by atomic mass is 10.1. The van der Waals surface area contributed by atoms with Crippen molar-refractivity contribution in [3.8, 4) is 11.3 Å². The maximum atomic E-state index is 13.1. The first-order valence-electron chi connectivity index (χ1n) is 7.16. The van der Waals surface area contributed by atoms with Gasteiger partial charge >= 0.3 is 12.1 Å². The van der Waals surface area contributed by atoms with Gasteiger partial charge in [0, 0.05) is 10.9 Å². The summed E-state index contributed by atoms with van der Waals surface area (Å²) < 4.78 is 40.5. The lowest BCUT2D eigenvalue weighted by Crippen LogP contribution is -2.14. The highest BCUT2D eigenvalue weighted by atomic mass is 32.1. The minimum atomic E-state index is -4.83. The van der Waals surface area contributed by atoms with Gasteiger partial charge in [0.25, 0.3) is 0 Å². The monoisotopic (exact) mass is 362 g/mol. The summed E-state index contributed by atoms with van der Waals surface area (Å²) in [4.78, 5) is 15.0. The van der Waals surface area contributed by atoms with Gasteiger partial charge in [0.1, 0.15) is 0 Å². The molecule has 4 aromatic rings. The second-order valence-electron chi connectivity index (χ2n) is 5.41. The fraction of sp³-hybridized carbons (Fsp3) is 0.0588. The molecule has 126 valence electrons. The number of carboxylic acid groups (broad SMARTS) is 1. The summed E-state index contributed by atoms with van der Waals surface area (Å²) in [6.07, 6.45) is -4.83. The minimum Gasteiger partial charge on any atom is -0.476 e. The number of carboxylic acids is 1. The van der Waals surface area contributed by atoms with Crippen LogP contribution in [0, 0.1) is 0 Å². The molecular formula is C17H9F3N2O2S. The minimum absolute atomic E-state index is 0.00659. The predicted octanol–water partition coefficient (Wildman–Crippen LogP) is 4.93. The van der Waals surface area contributed by atoms with Crippen LogP contribution < -0.4 is 0 Å². The van der Waals surface area contributed by atoms with Crippen molar-refractivity contribution >= 4 is 33.0 Å². The molecule has 1 N–H and O–H groups in total. The molecule has 0 bridgehead atoms. The molecule has 0 atom stereocenters. The molecule has 25 heavy (non-hydrogen) atoms. The van der Waals surface area contributed by atoms with Crippen molar-refractivity contribution in [2.24, 2.45) is 0 Å². The van der Waals surface area contributed by atoms with Crippen LogP contribution in [-0.2, 0) is 6.18 Å². The van der Waals surface area contributed by atoms with Crippen LogP contribution in [0.5, 0.6) is 0 Å². The number of alkyl halides is 3. The van der Waals surface area contributed by atoms with Gasteiger partial charge < -0.3 is 5.11 Å². The number of rotatable bonds is 2. The third kappa shape index (κ3) is 2.45. The van der Waals surface area contributed by atoms with Gasteiger partial charge in [-0.15, -0.1) is 11.3 Å². The molecule has 0 amide bonds. The molecule has 0 aliphatic rings. The number of aromatic carboxylic acids is 1. The van der Waals surface area contributed by atoms with Crippen LogP contribution in [0.3, 0.4) is 0 Å². The molecule has 0 saturated heterocycles. The molecule has 0 unspecified atom stereocenters. The van der Waals surface area contributed by atoms with Crippen molar-refractivity contribution in [2.75, 3.05) is 0 Å². The van der Waals surface area contributed by atoms with E-state index in [1.54, 1.807) is 11.4 Å². The van der Waals surface area contributed by atoms with E-state index >= 15 is 0 Å². The summed E-state index contributed by atoms with van der Waals surface area (Å²) in [5, 5.41) is 12.8. The molecule has 0 aliphatic heterocycles. The van der Waals surface area contributed by atoms with E-state index in [0.717, 1.165) is 26.5 Å². The van der Waals surface area contributed by atoms with Gasteiger partial charge in [-0.2, -0.15) is 13.2 Å². The Morgan fingerprint density at radius 3 is 2.52 bits per heavy atom. The van der Waals surface area contributed by atoms with Crippen molar-refractivity contribution in [1.29, 1.82) is 0 Å². The molecule has 2 aromatic carbocycles. The van der Waals surface area contributed by atoms with Gasteiger partial charge in [-0.1, -0.05) is 36.4 Å². The Labute approximate surface area is 142 Å². The molecule has 0 radical (unpaired) electrons. The van der Waals surface area contributed by atoms with Gasteiger partial charge in [-0.05, 0) is 16.8 Å². The zero-order valence-corrected chi connectivity index (χ0v) is 13.2. The van der Waals surface area contributed by atoms with Gasteiger partial charge in [-0.25, -0.2) is 9.78 Å². The smallest absolute Gasteiger partial charge is 0.435 e. The van der Waals surface area contributed by atoms with Gasteiger partial charge in [-0.3, -0.25) is 4.40 Å². The lowest BCUT2D eigenvalue weighted by molar-refractivity contribution is -0.141. The normalized spacial score (nSPS) is 12.1. The first-order valence-corrected chi connectivity index (χ1v) is 8.04. The molecule has 8 heteroatoms. The Hall–Kier alpha value is -2.87. The molecule has 0 spiro atoms. The van der Waals surface area contributed by atoms with Crippen LogP contribution in [0.1, 0.15) is 16.2 Å². The van der Waals surface area contributed by atoms with Crippen molar-refractivity contribution < 1.29 is 23.1 Å². The zero-order valence-electron chi connectivity index (χ0n) is 12.4. The predicted molar refractivity (Wildman–Crippen MR) is 88.0 cm³/mol. The van der Waals surface area contributed by atoms with Gasteiger partial charge in [0.2, 0.25) is 0 Å². The molecule has 2 heterocycles. The van der Waals surface area contributed by atoms with E-state index in [-0.39, 0.29) is 4.96 Å². The van der Waals surface area contributed by atoms with E-state index in [1.807, 2.05) is 36.4 Å². The summed E-state index contributed by atoms with van der Waals surface area (Å²) in [5.74, 6) is -1.67. The van der Waals surface area contributed by atoms with Crippen molar-refractivity contribution in [3.63, 3.8) is 0 Å². The van der Waals surface area contributed by atoms with Crippen molar-refractivity contribution in [3.05, 3.63) is 59.2 Å². The number of benzene rings is 2. The molecule has 0 saturated carbocycles. The summed E-state index contributed by atoms with van der Waals surface area (Å²) in [6, 6.07) is 13.0. The Morgan fingerprint density at radius 1 is 1.12 bits per heavy atom. The summed E-state index contributed by atoms with van der Waals surface area (Å²) in [7, 11) is 0. The number of hydrogen-bond acceptors (Lipinski definition) is 3. The Morgan fingerprint density at radius 2 is 1.84 bits per heavy atom. The number of carbonyl (C=O) groups is 1. The number of nitrogens with zero attached hydrogens (tertiary/aromatic N) is 2. The third-order valence-electron chi connectivity index (χ3n) is 3.88. The third-order valence-corrected chi connectivity index (χ3v) is 4.71. The molecule has 4 rings (SSSR count). The topological polar surface area (TPSA) is 54.6 Å². The lowest BCUT2D eigenvalue weighted by Gasteiger charge is -2.07. The second kappa shape index (κ2) is 5.32. The van der Waals surface area contributed by atoms with Crippen LogP contribution >= 0.6 is 11.3 Å². The van der Waals surface area contributed by atoms with Crippen molar-refractivity contribution in [2.45, 2.75) is 6.18 Å². The average Bonchev–Trinajstić information content (AvgIpc) is 3.12. The van der Waals surface area contributed by atoms with E-state index in [0.29, 0.717) is 11.3 Å². The average molecular weight is 362 g/mol. The summed E-state index contributed by atoms with van der Waals surface area (Å²) in [5.41, 5.74) is -1.26. The SMILES string of the molecule is O=C(O)c1c(C(F)(F)F)nc2scc(-c3ccc4ccccc4c3)n12. The maximum Gasteiger partial charge on any atom is 0.435 e. The number of imidazole rings is 1. The first-order chi connectivity index (χ1) is 11.9. The van der Waals surface area contributed by atoms with E-state index in [9.17, 15) is 23.1 Å². The van der Waals surface area contributed by atoms with Crippen LogP contribution in [0.4, 0.5) is 13.2 Å². The Bertz CT molecular complexity index is 1130. The van der Waals surface area contributed by atoms with Gasteiger partial charge in [0.05, 0.1) is 5.69 Å². The highest BCUT2D eigenvalue weighted by molar-refractivity contribution is 7.15. The van der Waals surface area contributed by atoms with Crippen LogP contribution in [-0.4, -0.2) is 20.5 Å². The number of fused-ring (bicyclic) bond motifs is 2. The molecule has 0 fully saturated rings. The summed E-state index contributed by atoms with van der Waals surface area (Å²) in [6.45, 7) is 0. The largest absolute Gasteiger partial charge is 0.476 e. The fourth-order valence-electron chi connectivity index (χ4n) is 2.80. The van der Waals surface area contributed by atoms with Crippen LogP contribution in [0.2, 0.25) is 0 Å². The van der Waals surface area contributed by atoms with E-state index in [2.05, 4.69) is 4.98 Å². The van der Waals surface area contributed by atoms with Crippen molar-refractivity contribution in [1.82, 2.24) is 9.38 Å². The fourth-order valence-corrected chi connectivity index (χ4v) is 3.70. The quantitative estimate of drug-likeness (QED) is 0.550. The van der Waals surface area contributed by atoms with E-state index in [4.69, 9.17) is 0 Å². The standard InChI is InChI=1S/C17H9F3N2O2S/c18-17(19,20)14-13(15(23)24)22-12(8-25-16(22)21-14)11-6-5-9-3-1-2-4-10(9)7-11/h1-8H,(H,23,24). The first kappa shape index (κ1) is 15.6. The highest BCUT2D eigenvalue weighted by Gasteiger charge is 2.41. The number of hydrogen-bond donors (Lipinski definition) is 1. The molecule has 4 nitrogen and oxygen atoms in total. The van der Waals surface area contributed by atoms with E-state index in [1.165, 1.54) is 0 Å². The van der Waals surface area contributed by atoms with Crippen LogP contribution in [0.25, 0.3) is 27.0 Å². The number of aromatic nitrogens is 2. The second-order valence-corrected chi connectivity index (χ2v) is 6.25. The Kier molecular flexibility index (Phi) is 3.33. The number of thiazole rings is 1. The molecule has 2 aromatic heterocycles. The zero-order chi connectivity index (χ0) is 17.8. The molecular weight excluding hydrogens is 353 g/mol. The Balaban J connectivity index is 2.01. The number of halogens is 3. The maximum absolute atomic E-state index is 13.1.